The maximum absolute atomic E-state index is 11.6. The Hall–Kier alpha value is -1.22. The van der Waals surface area contributed by atoms with Crippen molar-refractivity contribution in [1.82, 2.24) is 5.32 Å². The number of hydrogen-bond donors (Lipinski definition) is 2. The van der Waals surface area contributed by atoms with E-state index in [1.54, 1.807) is 18.2 Å². The predicted molar refractivity (Wildman–Crippen MR) is 63.1 cm³/mol. The molecule has 1 aromatic carbocycles. The third-order valence-electron chi connectivity index (χ3n) is 2.00. The summed E-state index contributed by atoms with van der Waals surface area (Å²) in [6.45, 7) is 2.76. The van der Waals surface area contributed by atoms with Gasteiger partial charge >= 0.3 is 0 Å². The molecule has 3 nitrogen and oxygen atoms in total. The summed E-state index contributed by atoms with van der Waals surface area (Å²) in [6.07, 6.45) is 2.03. The van der Waals surface area contributed by atoms with Crippen LogP contribution in [0.2, 0.25) is 5.02 Å². The topological polar surface area (TPSA) is 55.1 Å². The average Bonchev–Trinajstić information content (AvgIpc) is 2.16. The fraction of sp³-hybridized carbons (Fsp3) is 0.364. The molecular weight excluding hydrogens is 212 g/mol. The number of nitrogens with two attached hydrogens (primary N) is 1. The molecule has 0 spiro atoms. The number of anilines is 1. The second kappa shape index (κ2) is 5.61. The van der Waals surface area contributed by atoms with E-state index in [1.807, 2.05) is 0 Å². The van der Waals surface area contributed by atoms with Crippen molar-refractivity contribution in [3.05, 3.63) is 28.8 Å². The number of carbonyl (C=O) groups is 1. The second-order valence-corrected chi connectivity index (χ2v) is 3.82. The van der Waals surface area contributed by atoms with Gasteiger partial charge in [-0.3, -0.25) is 4.79 Å². The van der Waals surface area contributed by atoms with E-state index >= 15 is 0 Å². The number of nitrogen functional groups attached to an aromatic ring is 1. The van der Waals surface area contributed by atoms with Gasteiger partial charge in [-0.15, -0.1) is 0 Å². The fourth-order valence-corrected chi connectivity index (χ4v) is 1.47. The third-order valence-corrected chi connectivity index (χ3v) is 2.22. The first kappa shape index (κ1) is 11.9. The summed E-state index contributed by atoms with van der Waals surface area (Å²) >= 11 is 5.80. The predicted octanol–water partition coefficient (Wildman–Crippen LogP) is 2.45. The monoisotopic (exact) mass is 226 g/mol. The van der Waals surface area contributed by atoms with Gasteiger partial charge in [0.25, 0.3) is 5.91 Å². The van der Waals surface area contributed by atoms with Gasteiger partial charge in [-0.05, 0) is 24.6 Å². The Balaban J connectivity index is 2.65. The van der Waals surface area contributed by atoms with E-state index in [1.165, 1.54) is 0 Å². The van der Waals surface area contributed by atoms with Crippen molar-refractivity contribution in [1.29, 1.82) is 0 Å². The highest BCUT2D eigenvalue weighted by molar-refractivity contribution is 6.31. The van der Waals surface area contributed by atoms with Crippen LogP contribution in [0.15, 0.2) is 18.2 Å². The van der Waals surface area contributed by atoms with Crippen molar-refractivity contribution in [3.63, 3.8) is 0 Å². The van der Waals surface area contributed by atoms with Crippen LogP contribution in [0.5, 0.6) is 0 Å². The van der Waals surface area contributed by atoms with Crippen LogP contribution < -0.4 is 11.1 Å². The summed E-state index contributed by atoms with van der Waals surface area (Å²) in [7, 11) is 0. The molecule has 0 saturated carbocycles. The van der Waals surface area contributed by atoms with E-state index in [9.17, 15) is 4.79 Å². The number of unbranched alkanes of at least 4 members (excludes halogenated alkanes) is 1. The second-order valence-electron chi connectivity index (χ2n) is 3.38. The van der Waals surface area contributed by atoms with Crippen molar-refractivity contribution in [3.8, 4) is 0 Å². The van der Waals surface area contributed by atoms with Crippen LogP contribution in [0.4, 0.5) is 5.69 Å². The highest BCUT2D eigenvalue weighted by Gasteiger charge is 2.06. The molecule has 0 heterocycles. The molecule has 0 aliphatic rings. The molecule has 0 unspecified atom stereocenters. The maximum Gasteiger partial charge on any atom is 0.251 e. The molecular formula is C11H15ClN2O. The zero-order valence-corrected chi connectivity index (χ0v) is 9.47. The van der Waals surface area contributed by atoms with E-state index in [-0.39, 0.29) is 5.91 Å². The molecule has 0 atom stereocenters. The molecule has 0 bridgehead atoms. The van der Waals surface area contributed by atoms with Crippen LogP contribution in [0.3, 0.4) is 0 Å². The minimum Gasteiger partial charge on any atom is -0.399 e. The summed E-state index contributed by atoms with van der Waals surface area (Å²) in [5.74, 6) is -0.127. The van der Waals surface area contributed by atoms with Gasteiger partial charge in [0.15, 0.2) is 0 Å². The van der Waals surface area contributed by atoms with E-state index < -0.39 is 0 Å². The zero-order chi connectivity index (χ0) is 11.3. The molecule has 1 rings (SSSR count). The SMILES string of the molecule is CCCCNC(=O)c1cc(N)cc(Cl)c1. The highest BCUT2D eigenvalue weighted by Crippen LogP contribution is 2.16. The Morgan fingerprint density at radius 2 is 2.20 bits per heavy atom. The lowest BCUT2D eigenvalue weighted by atomic mass is 10.2. The summed E-state index contributed by atoms with van der Waals surface area (Å²) < 4.78 is 0. The largest absolute Gasteiger partial charge is 0.399 e. The fourth-order valence-electron chi connectivity index (χ4n) is 1.22. The number of carbonyl (C=O) groups excluding carboxylic acids is 1. The van der Waals surface area contributed by atoms with Crippen LogP contribution in [0, 0.1) is 0 Å². The molecule has 4 heteroatoms. The van der Waals surface area contributed by atoms with Crippen molar-refractivity contribution in [2.75, 3.05) is 12.3 Å². The van der Waals surface area contributed by atoms with Gasteiger partial charge in [-0.1, -0.05) is 24.9 Å². The lowest BCUT2D eigenvalue weighted by molar-refractivity contribution is 0.0953. The maximum atomic E-state index is 11.6. The van der Waals surface area contributed by atoms with Crippen LogP contribution in [-0.4, -0.2) is 12.5 Å². The Kier molecular flexibility index (Phi) is 4.43. The number of hydrogen-bond acceptors (Lipinski definition) is 2. The average molecular weight is 227 g/mol. The summed E-state index contributed by atoms with van der Waals surface area (Å²) in [6, 6.07) is 4.84. The smallest absolute Gasteiger partial charge is 0.251 e. The van der Waals surface area contributed by atoms with Gasteiger partial charge in [-0.2, -0.15) is 0 Å². The summed E-state index contributed by atoms with van der Waals surface area (Å²) in [5.41, 5.74) is 6.60. The molecule has 1 amide bonds. The third kappa shape index (κ3) is 3.80. The highest BCUT2D eigenvalue weighted by atomic mass is 35.5. The van der Waals surface area contributed by atoms with Crippen LogP contribution in [-0.2, 0) is 0 Å². The minimum absolute atomic E-state index is 0.127. The molecule has 0 radical (unpaired) electrons. The number of nitrogens with one attached hydrogen (secondary N) is 1. The number of benzene rings is 1. The number of rotatable bonds is 4. The van der Waals surface area contributed by atoms with Gasteiger partial charge in [0.05, 0.1) is 0 Å². The van der Waals surface area contributed by atoms with Crippen LogP contribution in [0.25, 0.3) is 0 Å². The zero-order valence-electron chi connectivity index (χ0n) is 8.72. The van der Waals surface area contributed by atoms with Gasteiger partial charge in [-0.25, -0.2) is 0 Å². The summed E-state index contributed by atoms with van der Waals surface area (Å²) in [5, 5.41) is 3.28. The van der Waals surface area contributed by atoms with Crippen LogP contribution in [0.1, 0.15) is 30.1 Å². The first-order chi connectivity index (χ1) is 7.13. The Bertz CT molecular complexity index is 332. The molecule has 3 N–H and O–H groups in total. The molecule has 0 fully saturated rings. The van der Waals surface area contributed by atoms with Gasteiger partial charge < -0.3 is 11.1 Å². The molecule has 15 heavy (non-hydrogen) atoms. The molecule has 0 aliphatic heterocycles. The van der Waals surface area contributed by atoms with Gasteiger partial charge in [0.2, 0.25) is 0 Å². The molecule has 82 valence electrons. The molecule has 0 aliphatic carbocycles. The van der Waals surface area contributed by atoms with Crippen LogP contribution >= 0.6 is 11.6 Å². The number of halogens is 1. The van der Waals surface area contributed by atoms with Crippen molar-refractivity contribution >= 4 is 23.2 Å². The molecule has 0 saturated heterocycles. The van der Waals surface area contributed by atoms with E-state index in [2.05, 4.69) is 12.2 Å². The quantitative estimate of drug-likeness (QED) is 0.612. The van der Waals surface area contributed by atoms with E-state index in [0.717, 1.165) is 12.8 Å². The minimum atomic E-state index is -0.127. The lowest BCUT2D eigenvalue weighted by Gasteiger charge is -2.05. The first-order valence-corrected chi connectivity index (χ1v) is 5.35. The normalized spacial score (nSPS) is 10.0. The lowest BCUT2D eigenvalue weighted by Crippen LogP contribution is -2.24. The van der Waals surface area contributed by atoms with Crippen molar-refractivity contribution in [2.45, 2.75) is 19.8 Å². The van der Waals surface area contributed by atoms with Gasteiger partial charge in [0.1, 0.15) is 0 Å². The van der Waals surface area contributed by atoms with E-state index in [0.29, 0.717) is 22.8 Å². The molecule has 0 aromatic heterocycles. The first-order valence-electron chi connectivity index (χ1n) is 4.97. The van der Waals surface area contributed by atoms with Crippen molar-refractivity contribution < 1.29 is 4.79 Å². The Morgan fingerprint density at radius 3 is 2.80 bits per heavy atom. The van der Waals surface area contributed by atoms with Crippen molar-refractivity contribution in [2.24, 2.45) is 0 Å². The number of amides is 1. The standard InChI is InChI=1S/C11H15ClN2O/c1-2-3-4-14-11(15)8-5-9(12)7-10(13)6-8/h5-7H,2-4,13H2,1H3,(H,14,15). The summed E-state index contributed by atoms with van der Waals surface area (Å²) in [4.78, 5) is 11.6. The van der Waals surface area contributed by atoms with E-state index in [4.69, 9.17) is 17.3 Å². The van der Waals surface area contributed by atoms with Gasteiger partial charge in [0, 0.05) is 22.8 Å². The molecule has 1 aromatic rings. The Labute approximate surface area is 94.6 Å². The Morgan fingerprint density at radius 1 is 1.47 bits per heavy atom.